The zero-order valence-electron chi connectivity index (χ0n) is 12.1. The summed E-state index contributed by atoms with van der Waals surface area (Å²) in [4.78, 5) is 12.2. The van der Waals surface area contributed by atoms with Gasteiger partial charge in [0.25, 0.3) is 5.91 Å². The van der Waals surface area contributed by atoms with Crippen molar-refractivity contribution in [2.75, 3.05) is 26.2 Å². The Hall–Kier alpha value is -1.55. The van der Waals surface area contributed by atoms with Gasteiger partial charge >= 0.3 is 0 Å². The van der Waals surface area contributed by atoms with Crippen LogP contribution in [-0.2, 0) is 0 Å². The van der Waals surface area contributed by atoms with E-state index in [1.54, 1.807) is 0 Å². The van der Waals surface area contributed by atoms with E-state index in [1.807, 2.05) is 12.1 Å². The molecule has 2 N–H and O–H groups in total. The Labute approximate surface area is 119 Å². The van der Waals surface area contributed by atoms with E-state index in [1.165, 1.54) is 0 Å². The van der Waals surface area contributed by atoms with Crippen molar-refractivity contribution in [3.8, 4) is 5.75 Å². The highest BCUT2D eigenvalue weighted by Gasteiger charge is 2.34. The summed E-state index contributed by atoms with van der Waals surface area (Å²) < 4.78 is 5.74. The summed E-state index contributed by atoms with van der Waals surface area (Å²) in [6, 6.07) is 5.96. The van der Waals surface area contributed by atoms with Crippen molar-refractivity contribution in [1.82, 2.24) is 10.6 Å². The van der Waals surface area contributed by atoms with E-state index in [-0.39, 0.29) is 5.91 Å². The number of ether oxygens (including phenoxy) is 1. The average molecular weight is 274 g/mol. The van der Waals surface area contributed by atoms with Crippen LogP contribution in [-0.4, -0.2) is 32.1 Å². The van der Waals surface area contributed by atoms with Gasteiger partial charge in [0, 0.05) is 31.1 Å². The van der Waals surface area contributed by atoms with Crippen LogP contribution in [0.5, 0.6) is 5.75 Å². The number of hydrogen-bond acceptors (Lipinski definition) is 3. The molecule has 1 aromatic carbocycles. The number of amides is 1. The first-order chi connectivity index (χ1) is 9.65. The molecule has 1 amide bonds. The average Bonchev–Trinajstić information content (AvgIpc) is 2.86. The Morgan fingerprint density at radius 1 is 1.30 bits per heavy atom. The van der Waals surface area contributed by atoms with Gasteiger partial charge in [0.05, 0.1) is 6.61 Å². The lowest BCUT2D eigenvalue weighted by Gasteiger charge is -2.17. The molecule has 20 heavy (non-hydrogen) atoms. The summed E-state index contributed by atoms with van der Waals surface area (Å²) in [5.41, 5.74) is 1.94. The molecule has 0 unspecified atom stereocenters. The van der Waals surface area contributed by atoms with Gasteiger partial charge in [-0.1, -0.05) is 19.9 Å². The van der Waals surface area contributed by atoms with E-state index in [4.69, 9.17) is 4.74 Å². The number of nitrogens with one attached hydrogen (secondary N) is 2. The van der Waals surface area contributed by atoms with Gasteiger partial charge in [-0.15, -0.1) is 0 Å². The van der Waals surface area contributed by atoms with Crippen molar-refractivity contribution in [3.63, 3.8) is 0 Å². The number of carbonyl (C=O) groups excluding carboxylic acids is 1. The predicted molar refractivity (Wildman–Crippen MR) is 78.2 cm³/mol. The topological polar surface area (TPSA) is 50.4 Å². The third kappa shape index (κ3) is 2.52. The summed E-state index contributed by atoms with van der Waals surface area (Å²) in [6.45, 7) is 7.60. The van der Waals surface area contributed by atoms with Gasteiger partial charge in [-0.2, -0.15) is 0 Å². The predicted octanol–water partition coefficient (Wildman–Crippen LogP) is 1.77. The molecule has 1 aromatic rings. The van der Waals surface area contributed by atoms with Crippen LogP contribution in [0.4, 0.5) is 0 Å². The first kappa shape index (κ1) is 13.4. The van der Waals surface area contributed by atoms with E-state index >= 15 is 0 Å². The second kappa shape index (κ2) is 5.44. The van der Waals surface area contributed by atoms with Crippen LogP contribution in [0, 0.1) is 11.8 Å². The molecule has 2 aliphatic rings. The summed E-state index contributed by atoms with van der Waals surface area (Å²) in [6.07, 6.45) is 0. The summed E-state index contributed by atoms with van der Waals surface area (Å²) in [5.74, 6) is 2.23. The third-order valence-corrected chi connectivity index (χ3v) is 4.12. The minimum absolute atomic E-state index is 0.0318. The Balaban J connectivity index is 1.90. The second-order valence-corrected chi connectivity index (χ2v) is 6.19. The Kier molecular flexibility index (Phi) is 3.66. The molecule has 1 fully saturated rings. The molecule has 0 bridgehead atoms. The molecular weight excluding hydrogens is 252 g/mol. The van der Waals surface area contributed by atoms with Crippen LogP contribution >= 0.6 is 0 Å². The second-order valence-electron chi connectivity index (χ2n) is 6.19. The number of fused-ring (bicyclic) bond motifs is 3. The van der Waals surface area contributed by atoms with Gasteiger partial charge in [-0.25, -0.2) is 0 Å². The fraction of sp³-hybridized carbons (Fsp3) is 0.562. The molecule has 2 atom stereocenters. The van der Waals surface area contributed by atoms with E-state index in [9.17, 15) is 4.79 Å². The van der Waals surface area contributed by atoms with Crippen molar-refractivity contribution < 1.29 is 9.53 Å². The molecular formula is C16H22N2O2. The molecule has 0 radical (unpaired) electrons. The maximum absolute atomic E-state index is 12.2. The fourth-order valence-electron chi connectivity index (χ4n) is 3.04. The maximum Gasteiger partial charge on any atom is 0.251 e. The molecule has 1 saturated heterocycles. The summed E-state index contributed by atoms with van der Waals surface area (Å²) in [7, 11) is 0. The molecule has 2 heterocycles. The van der Waals surface area contributed by atoms with Crippen molar-refractivity contribution in [2.45, 2.75) is 19.8 Å². The zero-order chi connectivity index (χ0) is 14.1. The molecule has 0 saturated carbocycles. The van der Waals surface area contributed by atoms with Crippen LogP contribution in [0.2, 0.25) is 0 Å². The first-order valence-corrected chi connectivity index (χ1v) is 7.41. The number of carbonyl (C=O) groups is 1. The molecule has 0 spiro atoms. The Morgan fingerprint density at radius 3 is 2.95 bits per heavy atom. The monoisotopic (exact) mass is 274 g/mol. The van der Waals surface area contributed by atoms with E-state index in [0.717, 1.165) is 36.5 Å². The molecule has 0 aromatic heterocycles. The van der Waals surface area contributed by atoms with Crippen LogP contribution in [0.15, 0.2) is 18.2 Å². The first-order valence-electron chi connectivity index (χ1n) is 7.41. The van der Waals surface area contributed by atoms with Gasteiger partial charge in [-0.05, 0) is 29.5 Å². The lowest BCUT2D eigenvalue weighted by molar-refractivity contribution is 0.0952. The third-order valence-electron chi connectivity index (χ3n) is 4.12. The van der Waals surface area contributed by atoms with Gasteiger partial charge < -0.3 is 15.4 Å². The van der Waals surface area contributed by atoms with Crippen LogP contribution in [0.1, 0.15) is 35.7 Å². The van der Waals surface area contributed by atoms with E-state index in [0.29, 0.717) is 24.4 Å². The molecule has 3 rings (SSSR count). The standard InChI is InChI=1S/C16H22N2O2/c1-10(2)9-20-12-3-4-13-14(5-12)16(19)18-7-11-6-17-8-15(11)13/h3-5,10-11,15,17H,6-9H2,1-2H3,(H,18,19)/t11-,15+/m0/s1. The highest BCUT2D eigenvalue weighted by molar-refractivity contribution is 5.96. The van der Waals surface area contributed by atoms with Crippen LogP contribution in [0.3, 0.4) is 0 Å². The van der Waals surface area contributed by atoms with E-state index in [2.05, 4.69) is 30.5 Å². The van der Waals surface area contributed by atoms with Crippen molar-refractivity contribution in [3.05, 3.63) is 29.3 Å². The van der Waals surface area contributed by atoms with Crippen molar-refractivity contribution in [1.29, 1.82) is 0 Å². The maximum atomic E-state index is 12.2. The largest absolute Gasteiger partial charge is 0.493 e. The van der Waals surface area contributed by atoms with E-state index < -0.39 is 0 Å². The van der Waals surface area contributed by atoms with Crippen molar-refractivity contribution >= 4 is 5.91 Å². The van der Waals surface area contributed by atoms with Crippen LogP contribution in [0.25, 0.3) is 0 Å². The van der Waals surface area contributed by atoms with Gasteiger partial charge in [0.2, 0.25) is 0 Å². The minimum Gasteiger partial charge on any atom is -0.493 e. The number of rotatable bonds is 3. The Bertz CT molecular complexity index is 513. The Morgan fingerprint density at radius 2 is 2.15 bits per heavy atom. The molecule has 0 aliphatic carbocycles. The normalized spacial score (nSPS) is 24.9. The quantitative estimate of drug-likeness (QED) is 0.883. The molecule has 4 nitrogen and oxygen atoms in total. The number of benzene rings is 1. The molecule has 2 aliphatic heterocycles. The van der Waals surface area contributed by atoms with Crippen molar-refractivity contribution in [2.24, 2.45) is 11.8 Å². The highest BCUT2D eigenvalue weighted by Crippen LogP contribution is 2.34. The van der Waals surface area contributed by atoms with Gasteiger partial charge in [-0.3, -0.25) is 4.79 Å². The number of hydrogen-bond donors (Lipinski definition) is 2. The van der Waals surface area contributed by atoms with Gasteiger partial charge in [0.15, 0.2) is 0 Å². The summed E-state index contributed by atoms with van der Waals surface area (Å²) >= 11 is 0. The lowest BCUT2D eigenvalue weighted by atomic mass is 9.87. The van der Waals surface area contributed by atoms with Gasteiger partial charge in [0.1, 0.15) is 5.75 Å². The SMILES string of the molecule is CC(C)COc1ccc2c(c1)C(=O)NC[C@@H]1CNC[C@@H]21. The molecule has 4 heteroatoms. The van der Waals surface area contributed by atoms with Crippen LogP contribution < -0.4 is 15.4 Å². The fourth-order valence-corrected chi connectivity index (χ4v) is 3.04. The highest BCUT2D eigenvalue weighted by atomic mass is 16.5. The zero-order valence-corrected chi connectivity index (χ0v) is 12.1. The molecule has 108 valence electrons. The smallest absolute Gasteiger partial charge is 0.251 e. The lowest BCUT2D eigenvalue weighted by Crippen LogP contribution is -2.28. The minimum atomic E-state index is 0.0318. The summed E-state index contributed by atoms with van der Waals surface area (Å²) in [5, 5.41) is 6.45.